The molecular formula is C23H28N4O5. The second-order valence-electron chi connectivity index (χ2n) is 7.73. The summed E-state index contributed by atoms with van der Waals surface area (Å²) in [4.78, 5) is 41.9. The molecule has 9 heteroatoms. The smallest absolute Gasteiger partial charge is 0.414 e. The first kappa shape index (κ1) is 23.2. The summed E-state index contributed by atoms with van der Waals surface area (Å²) >= 11 is 0. The van der Waals surface area contributed by atoms with Crippen LogP contribution < -0.4 is 4.90 Å². The minimum absolute atomic E-state index is 0.116. The first-order valence-corrected chi connectivity index (χ1v) is 10.6. The normalized spacial score (nSPS) is 17.2. The summed E-state index contributed by atoms with van der Waals surface area (Å²) in [5.74, 6) is -3.53. The zero-order chi connectivity index (χ0) is 22.9. The van der Waals surface area contributed by atoms with E-state index in [1.54, 1.807) is 12.4 Å². The van der Waals surface area contributed by atoms with Gasteiger partial charge in [-0.1, -0.05) is 18.2 Å². The van der Waals surface area contributed by atoms with E-state index in [9.17, 15) is 4.79 Å². The van der Waals surface area contributed by atoms with Crippen molar-refractivity contribution in [2.75, 3.05) is 44.2 Å². The zero-order valence-electron chi connectivity index (χ0n) is 17.8. The first-order chi connectivity index (χ1) is 15.5. The highest BCUT2D eigenvalue weighted by Crippen LogP contribution is 2.22. The van der Waals surface area contributed by atoms with Crippen LogP contribution in [0.15, 0.2) is 54.9 Å². The zero-order valence-corrected chi connectivity index (χ0v) is 17.8. The Morgan fingerprint density at radius 2 is 1.44 bits per heavy atom. The number of carboxylic acids is 2. The number of amides is 1. The predicted octanol–water partition coefficient (Wildman–Crippen LogP) is 1.66. The molecule has 1 aromatic heterocycles. The number of pyridine rings is 1. The molecule has 1 amide bonds. The fraction of sp³-hybridized carbons (Fsp3) is 0.391. The molecule has 4 rings (SSSR count). The van der Waals surface area contributed by atoms with Crippen molar-refractivity contribution in [3.05, 3.63) is 60.4 Å². The van der Waals surface area contributed by atoms with E-state index in [0.717, 1.165) is 52.1 Å². The summed E-state index contributed by atoms with van der Waals surface area (Å²) in [7, 11) is 0. The molecule has 0 radical (unpaired) electrons. The van der Waals surface area contributed by atoms with Gasteiger partial charge in [0.2, 0.25) is 0 Å². The van der Waals surface area contributed by atoms with Crippen molar-refractivity contribution in [3.63, 3.8) is 0 Å². The topological polar surface area (TPSA) is 114 Å². The minimum Gasteiger partial charge on any atom is -0.473 e. The number of piperazine rings is 1. The number of para-hydroxylation sites is 1. The lowest BCUT2D eigenvalue weighted by atomic mass is 10.0. The maximum atomic E-state index is 12.5. The number of hydrogen-bond donors (Lipinski definition) is 2. The van der Waals surface area contributed by atoms with Crippen LogP contribution in [-0.2, 0) is 9.59 Å². The molecule has 32 heavy (non-hydrogen) atoms. The highest BCUT2D eigenvalue weighted by atomic mass is 16.4. The maximum Gasteiger partial charge on any atom is 0.414 e. The fourth-order valence-electron chi connectivity index (χ4n) is 4.09. The Labute approximate surface area is 186 Å². The standard InChI is InChI=1S/C21H26N4O.C2H2O4/c26-21(18-5-4-10-22-17-18)25-11-8-20(9-12-25)24-15-13-23(14-16-24)19-6-2-1-3-7-19;3-1(4)2(5)6/h1-7,10,17,20H,8-9,11-16H2;(H,3,4)(H,5,6). The van der Waals surface area contributed by atoms with Gasteiger partial charge in [0.15, 0.2) is 0 Å². The number of benzene rings is 1. The van der Waals surface area contributed by atoms with E-state index < -0.39 is 11.9 Å². The third-order valence-corrected chi connectivity index (χ3v) is 5.80. The molecule has 2 N–H and O–H groups in total. The van der Waals surface area contributed by atoms with Gasteiger partial charge < -0.3 is 20.0 Å². The third-order valence-electron chi connectivity index (χ3n) is 5.80. The van der Waals surface area contributed by atoms with Crippen molar-refractivity contribution in [2.45, 2.75) is 18.9 Å². The lowest BCUT2D eigenvalue weighted by Gasteiger charge is -2.43. The Balaban J connectivity index is 0.000000427. The molecule has 0 saturated carbocycles. The van der Waals surface area contributed by atoms with Gasteiger partial charge >= 0.3 is 11.9 Å². The van der Waals surface area contributed by atoms with Crippen LogP contribution in [0.25, 0.3) is 0 Å². The number of anilines is 1. The van der Waals surface area contributed by atoms with Gasteiger partial charge in [0, 0.05) is 63.4 Å². The molecular weight excluding hydrogens is 412 g/mol. The molecule has 0 unspecified atom stereocenters. The van der Waals surface area contributed by atoms with Gasteiger partial charge in [-0.3, -0.25) is 14.7 Å². The van der Waals surface area contributed by atoms with Crippen LogP contribution in [0.1, 0.15) is 23.2 Å². The van der Waals surface area contributed by atoms with Gasteiger partial charge in [0.05, 0.1) is 5.56 Å². The van der Waals surface area contributed by atoms with Gasteiger partial charge in [-0.25, -0.2) is 9.59 Å². The maximum absolute atomic E-state index is 12.5. The van der Waals surface area contributed by atoms with E-state index in [1.165, 1.54) is 5.69 Å². The van der Waals surface area contributed by atoms with Crippen LogP contribution in [0, 0.1) is 0 Å². The summed E-state index contributed by atoms with van der Waals surface area (Å²) < 4.78 is 0. The van der Waals surface area contributed by atoms with Crippen molar-refractivity contribution in [3.8, 4) is 0 Å². The molecule has 3 heterocycles. The van der Waals surface area contributed by atoms with Gasteiger partial charge in [0.25, 0.3) is 5.91 Å². The SMILES string of the molecule is O=C(O)C(=O)O.O=C(c1cccnc1)N1CCC(N2CCN(c3ccccc3)CC2)CC1. The number of piperidine rings is 1. The molecule has 2 saturated heterocycles. The number of carbonyl (C=O) groups is 3. The fourth-order valence-corrected chi connectivity index (χ4v) is 4.09. The predicted molar refractivity (Wildman–Crippen MR) is 119 cm³/mol. The Bertz CT molecular complexity index is 881. The Morgan fingerprint density at radius 3 is 1.97 bits per heavy atom. The molecule has 1 aromatic carbocycles. The Morgan fingerprint density at radius 1 is 0.812 bits per heavy atom. The lowest BCUT2D eigenvalue weighted by Crippen LogP contribution is -2.53. The summed E-state index contributed by atoms with van der Waals surface area (Å²) in [5.41, 5.74) is 2.02. The van der Waals surface area contributed by atoms with Crippen molar-refractivity contribution in [2.24, 2.45) is 0 Å². The number of carbonyl (C=O) groups excluding carboxylic acids is 1. The van der Waals surface area contributed by atoms with Crippen LogP contribution in [-0.4, -0.2) is 88.2 Å². The van der Waals surface area contributed by atoms with Crippen molar-refractivity contribution in [1.29, 1.82) is 0 Å². The van der Waals surface area contributed by atoms with Gasteiger partial charge in [-0.2, -0.15) is 0 Å². The number of aromatic nitrogens is 1. The minimum atomic E-state index is -1.82. The second kappa shape index (κ2) is 11.2. The molecule has 0 spiro atoms. The van der Waals surface area contributed by atoms with Crippen molar-refractivity contribution >= 4 is 23.5 Å². The molecule has 170 valence electrons. The van der Waals surface area contributed by atoms with Crippen LogP contribution in [0.2, 0.25) is 0 Å². The van der Waals surface area contributed by atoms with Crippen LogP contribution in [0.5, 0.6) is 0 Å². The average Bonchev–Trinajstić information content (AvgIpc) is 2.85. The van der Waals surface area contributed by atoms with Gasteiger partial charge in [0.1, 0.15) is 0 Å². The number of rotatable bonds is 3. The number of nitrogens with zero attached hydrogens (tertiary/aromatic N) is 4. The number of carboxylic acid groups (broad SMARTS) is 2. The van der Waals surface area contributed by atoms with Crippen LogP contribution in [0.3, 0.4) is 0 Å². The molecule has 2 aliphatic rings. The van der Waals surface area contributed by atoms with Gasteiger partial charge in [-0.15, -0.1) is 0 Å². The monoisotopic (exact) mass is 440 g/mol. The molecule has 9 nitrogen and oxygen atoms in total. The molecule has 0 atom stereocenters. The van der Waals surface area contributed by atoms with Gasteiger partial charge in [-0.05, 0) is 37.1 Å². The van der Waals surface area contributed by atoms with E-state index in [4.69, 9.17) is 19.8 Å². The number of hydrogen-bond acceptors (Lipinski definition) is 6. The highest BCUT2D eigenvalue weighted by molar-refractivity contribution is 6.27. The van der Waals surface area contributed by atoms with E-state index >= 15 is 0 Å². The molecule has 2 aliphatic heterocycles. The van der Waals surface area contributed by atoms with E-state index in [0.29, 0.717) is 11.6 Å². The molecule has 2 fully saturated rings. The third kappa shape index (κ3) is 6.27. The number of aliphatic carboxylic acids is 2. The molecule has 0 bridgehead atoms. The summed E-state index contributed by atoms with van der Waals surface area (Å²) in [6.45, 7) is 6.07. The number of likely N-dealkylation sites (tertiary alicyclic amines) is 1. The highest BCUT2D eigenvalue weighted by Gasteiger charge is 2.29. The Hall–Kier alpha value is -3.46. The summed E-state index contributed by atoms with van der Waals surface area (Å²) in [5, 5.41) is 14.8. The average molecular weight is 441 g/mol. The van der Waals surface area contributed by atoms with Crippen molar-refractivity contribution < 1.29 is 24.6 Å². The van der Waals surface area contributed by atoms with Crippen LogP contribution >= 0.6 is 0 Å². The summed E-state index contributed by atoms with van der Waals surface area (Å²) in [6, 6.07) is 15.0. The molecule has 0 aliphatic carbocycles. The largest absolute Gasteiger partial charge is 0.473 e. The lowest BCUT2D eigenvalue weighted by molar-refractivity contribution is -0.159. The van der Waals surface area contributed by atoms with E-state index in [-0.39, 0.29) is 5.91 Å². The Kier molecular flexibility index (Phi) is 8.15. The quantitative estimate of drug-likeness (QED) is 0.693. The molecule has 2 aromatic rings. The van der Waals surface area contributed by atoms with E-state index in [2.05, 4.69) is 45.1 Å². The van der Waals surface area contributed by atoms with Crippen LogP contribution in [0.4, 0.5) is 5.69 Å². The van der Waals surface area contributed by atoms with E-state index in [1.807, 2.05) is 17.0 Å². The second-order valence-corrected chi connectivity index (χ2v) is 7.73. The summed E-state index contributed by atoms with van der Waals surface area (Å²) in [6.07, 6.45) is 5.50. The van der Waals surface area contributed by atoms with Crippen molar-refractivity contribution in [1.82, 2.24) is 14.8 Å². The first-order valence-electron chi connectivity index (χ1n) is 10.6.